The maximum atomic E-state index is 14.5. The van der Waals surface area contributed by atoms with E-state index in [9.17, 15) is 22.4 Å². The molecule has 3 rings (SSSR count). The van der Waals surface area contributed by atoms with Crippen LogP contribution in [0.2, 0.25) is 0 Å². The van der Waals surface area contributed by atoms with Crippen molar-refractivity contribution in [3.8, 4) is 0 Å². The molecule has 1 aliphatic rings. The molecule has 0 spiro atoms. The summed E-state index contributed by atoms with van der Waals surface area (Å²) in [5.41, 5.74) is 0.432. The van der Waals surface area contributed by atoms with Crippen molar-refractivity contribution in [3.63, 3.8) is 0 Å². The molecule has 7 heteroatoms. The average molecular weight is 378 g/mol. The van der Waals surface area contributed by atoms with Crippen molar-refractivity contribution >= 4 is 17.8 Å². The lowest BCUT2D eigenvalue weighted by Gasteiger charge is -2.32. The molecule has 1 N–H and O–H groups in total. The van der Waals surface area contributed by atoms with Crippen LogP contribution < -0.4 is 5.32 Å². The zero-order valence-electron chi connectivity index (χ0n) is 14.3. The topological polar surface area (TPSA) is 32.3 Å². The Labute approximate surface area is 154 Å². The van der Waals surface area contributed by atoms with Gasteiger partial charge in [0, 0.05) is 12.2 Å². The van der Waals surface area contributed by atoms with Crippen molar-refractivity contribution in [3.05, 3.63) is 71.4 Å². The minimum atomic E-state index is -4.44. The van der Waals surface area contributed by atoms with Gasteiger partial charge in [-0.25, -0.2) is 9.18 Å². The average Bonchev–Trinajstić information content (AvgIpc) is 2.64. The molecule has 0 aromatic heterocycles. The van der Waals surface area contributed by atoms with Crippen LogP contribution in [0.4, 0.5) is 28.0 Å². The number of hydrogen-bond acceptors (Lipinski definition) is 1. The summed E-state index contributed by atoms with van der Waals surface area (Å²) < 4.78 is 52.3. The van der Waals surface area contributed by atoms with Crippen molar-refractivity contribution in [1.82, 2.24) is 4.90 Å². The predicted molar refractivity (Wildman–Crippen MR) is 95.7 cm³/mol. The second-order valence-electron chi connectivity index (χ2n) is 6.25. The molecule has 1 atom stereocenters. The Kier molecular flexibility index (Phi) is 5.48. The Hall–Kier alpha value is -2.83. The highest BCUT2D eigenvalue weighted by Crippen LogP contribution is 2.30. The lowest BCUT2D eigenvalue weighted by Crippen LogP contribution is -2.41. The molecular weight excluding hydrogens is 360 g/mol. The summed E-state index contributed by atoms with van der Waals surface area (Å²) in [7, 11) is 0. The van der Waals surface area contributed by atoms with E-state index in [1.54, 1.807) is 18.2 Å². The largest absolute Gasteiger partial charge is 0.416 e. The summed E-state index contributed by atoms with van der Waals surface area (Å²) in [5.74, 6) is 0. The number of carbonyl (C=O) groups excluding carboxylic acids is 1. The zero-order chi connectivity index (χ0) is 19.4. The Morgan fingerprint density at radius 3 is 2.37 bits per heavy atom. The number of anilines is 1. The Morgan fingerprint density at radius 2 is 1.74 bits per heavy atom. The Morgan fingerprint density at radius 1 is 1.07 bits per heavy atom. The monoisotopic (exact) mass is 378 g/mol. The van der Waals surface area contributed by atoms with Crippen LogP contribution in [0.3, 0.4) is 0 Å². The number of amides is 2. The van der Waals surface area contributed by atoms with Crippen molar-refractivity contribution < 1.29 is 22.4 Å². The molecule has 2 amide bonds. The smallest absolute Gasteiger partial charge is 0.308 e. The van der Waals surface area contributed by atoms with Gasteiger partial charge in [0.05, 0.1) is 11.3 Å². The number of halogens is 4. The van der Waals surface area contributed by atoms with Gasteiger partial charge in [-0.15, -0.1) is 0 Å². The van der Waals surface area contributed by atoms with E-state index in [2.05, 4.69) is 5.32 Å². The summed E-state index contributed by atoms with van der Waals surface area (Å²) in [6.07, 6.45) is -3.27. The lowest BCUT2D eigenvalue weighted by atomic mass is 10.0. The second-order valence-corrected chi connectivity index (χ2v) is 6.25. The Balaban J connectivity index is 1.78. The number of nitrogens with one attached hydrogen (secondary N) is 1. The fourth-order valence-electron chi connectivity index (χ4n) is 2.92. The predicted octanol–water partition coefficient (Wildman–Crippen LogP) is 5.71. The number of piperidine rings is 1. The maximum absolute atomic E-state index is 14.5. The normalized spacial score (nSPS) is 19.2. The maximum Gasteiger partial charge on any atom is 0.416 e. The number of allylic oxidation sites excluding steroid dienone is 1. The molecular formula is C20H18F4N2O. The first-order valence-corrected chi connectivity index (χ1v) is 8.51. The highest BCUT2D eigenvalue weighted by atomic mass is 19.4. The van der Waals surface area contributed by atoms with Gasteiger partial charge in [-0.2, -0.15) is 13.2 Å². The van der Waals surface area contributed by atoms with E-state index < -0.39 is 23.9 Å². The molecule has 0 radical (unpaired) electrons. The lowest BCUT2D eigenvalue weighted by molar-refractivity contribution is -0.137. The fraction of sp³-hybridized carbons (Fsp3) is 0.250. The first-order valence-electron chi connectivity index (χ1n) is 8.51. The molecule has 27 heavy (non-hydrogen) atoms. The minimum absolute atomic E-state index is 0.216. The standard InChI is InChI=1S/C20H18F4N2O/c21-17-7-4-12-26(18(17)13-14-5-2-1-3-6-14)19(27)25-16-10-8-15(9-11-16)20(22,23)24/h1-3,5-6,8-11,13,17H,4,7,12H2,(H,25,27). The molecule has 0 aliphatic carbocycles. The summed E-state index contributed by atoms with van der Waals surface area (Å²) in [6, 6.07) is 12.7. The number of rotatable bonds is 2. The highest BCUT2D eigenvalue weighted by molar-refractivity contribution is 5.91. The number of carbonyl (C=O) groups is 1. The fourth-order valence-corrected chi connectivity index (χ4v) is 2.92. The number of alkyl halides is 4. The van der Waals surface area contributed by atoms with Gasteiger partial charge >= 0.3 is 12.2 Å². The summed E-state index contributed by atoms with van der Waals surface area (Å²) >= 11 is 0. The van der Waals surface area contributed by atoms with Gasteiger partial charge in [-0.3, -0.25) is 4.90 Å². The van der Waals surface area contributed by atoms with Gasteiger partial charge in [0.15, 0.2) is 0 Å². The van der Waals surface area contributed by atoms with Crippen LogP contribution in [0.1, 0.15) is 24.0 Å². The third-order valence-corrected chi connectivity index (χ3v) is 4.29. The first kappa shape index (κ1) is 18.9. The third-order valence-electron chi connectivity index (χ3n) is 4.29. The molecule has 1 fully saturated rings. The molecule has 3 nitrogen and oxygen atoms in total. The molecule has 142 valence electrons. The van der Waals surface area contributed by atoms with Crippen LogP contribution in [0.5, 0.6) is 0 Å². The molecule has 2 aromatic carbocycles. The number of hydrogen-bond donors (Lipinski definition) is 1. The van der Waals surface area contributed by atoms with E-state index in [1.807, 2.05) is 18.2 Å². The van der Waals surface area contributed by atoms with E-state index in [-0.39, 0.29) is 11.4 Å². The van der Waals surface area contributed by atoms with Crippen LogP contribution in [0.25, 0.3) is 6.08 Å². The van der Waals surface area contributed by atoms with Gasteiger partial charge < -0.3 is 5.32 Å². The molecule has 1 heterocycles. The molecule has 1 unspecified atom stereocenters. The van der Waals surface area contributed by atoms with Crippen LogP contribution >= 0.6 is 0 Å². The van der Waals surface area contributed by atoms with Crippen LogP contribution in [-0.4, -0.2) is 23.6 Å². The summed E-state index contributed by atoms with van der Waals surface area (Å²) in [4.78, 5) is 13.9. The van der Waals surface area contributed by atoms with E-state index in [1.165, 1.54) is 17.0 Å². The quantitative estimate of drug-likeness (QED) is 0.667. The van der Waals surface area contributed by atoms with Crippen molar-refractivity contribution in [1.29, 1.82) is 0 Å². The van der Waals surface area contributed by atoms with Gasteiger partial charge in [-0.1, -0.05) is 30.3 Å². The number of nitrogens with zero attached hydrogens (tertiary/aromatic N) is 1. The van der Waals surface area contributed by atoms with E-state index in [0.29, 0.717) is 19.4 Å². The molecule has 2 aromatic rings. The molecule has 1 aliphatic heterocycles. The number of likely N-dealkylation sites (tertiary alicyclic amines) is 1. The number of urea groups is 1. The van der Waals surface area contributed by atoms with Gasteiger partial charge in [0.25, 0.3) is 0 Å². The van der Waals surface area contributed by atoms with Crippen molar-refractivity contribution in [2.45, 2.75) is 25.2 Å². The third kappa shape index (κ3) is 4.67. The van der Waals surface area contributed by atoms with Gasteiger partial charge in [0.1, 0.15) is 6.17 Å². The van der Waals surface area contributed by atoms with Crippen molar-refractivity contribution in [2.24, 2.45) is 0 Å². The van der Waals surface area contributed by atoms with Gasteiger partial charge in [-0.05, 0) is 48.7 Å². The van der Waals surface area contributed by atoms with Crippen molar-refractivity contribution in [2.75, 3.05) is 11.9 Å². The summed E-state index contributed by atoms with van der Waals surface area (Å²) in [6.45, 7) is 0.339. The Bertz CT molecular complexity index is 816. The van der Waals surface area contributed by atoms with Crippen LogP contribution in [-0.2, 0) is 6.18 Å². The highest BCUT2D eigenvalue weighted by Gasteiger charge is 2.31. The minimum Gasteiger partial charge on any atom is -0.308 e. The second kappa shape index (κ2) is 7.82. The zero-order valence-corrected chi connectivity index (χ0v) is 14.3. The molecule has 0 bridgehead atoms. The van der Waals surface area contributed by atoms with E-state index in [0.717, 1.165) is 17.7 Å². The van der Waals surface area contributed by atoms with Gasteiger partial charge in [0.2, 0.25) is 0 Å². The SMILES string of the molecule is O=C(Nc1ccc(C(F)(F)F)cc1)N1CCCC(F)C1=Cc1ccccc1. The number of benzene rings is 2. The van der Waals surface area contributed by atoms with E-state index >= 15 is 0 Å². The van der Waals surface area contributed by atoms with Crippen LogP contribution in [0, 0.1) is 0 Å². The first-order chi connectivity index (χ1) is 12.8. The summed E-state index contributed by atoms with van der Waals surface area (Å²) in [5, 5.41) is 2.54. The molecule has 1 saturated heterocycles. The molecule has 0 saturated carbocycles. The van der Waals surface area contributed by atoms with E-state index in [4.69, 9.17) is 0 Å². The van der Waals surface area contributed by atoms with Crippen LogP contribution in [0.15, 0.2) is 60.3 Å².